The fraction of sp³-hybridized carbons (Fsp3) is 0.125. The van der Waals surface area contributed by atoms with Crippen molar-refractivity contribution in [3.8, 4) is 0 Å². The maximum absolute atomic E-state index is 12.9. The van der Waals surface area contributed by atoms with Crippen LogP contribution < -0.4 is 15.1 Å². The third-order valence-electron chi connectivity index (χ3n) is 3.39. The first-order valence-electron chi connectivity index (χ1n) is 6.79. The molecule has 0 radical (unpaired) electrons. The number of thiol groups is 1. The summed E-state index contributed by atoms with van der Waals surface area (Å²) in [4.78, 5) is 26.7. The van der Waals surface area contributed by atoms with E-state index in [4.69, 9.17) is 0 Å². The number of benzene rings is 2. The van der Waals surface area contributed by atoms with Crippen molar-refractivity contribution in [3.63, 3.8) is 0 Å². The summed E-state index contributed by atoms with van der Waals surface area (Å²) in [7, 11) is 0. The van der Waals surface area contributed by atoms with E-state index in [-0.39, 0.29) is 0 Å². The van der Waals surface area contributed by atoms with E-state index in [1.54, 1.807) is 43.3 Å². The number of amides is 4. The quantitative estimate of drug-likeness (QED) is 0.834. The molecule has 0 spiro atoms. The van der Waals surface area contributed by atoms with Gasteiger partial charge in [-0.1, -0.05) is 36.4 Å². The number of carbonyl (C=O) groups excluding carboxylic acids is 2. The van der Waals surface area contributed by atoms with Crippen molar-refractivity contribution >= 4 is 36.1 Å². The molecule has 2 aromatic rings. The molecular weight excluding hydrogens is 298 g/mol. The molecule has 22 heavy (non-hydrogen) atoms. The zero-order chi connectivity index (χ0) is 15.7. The molecule has 0 saturated carbocycles. The lowest BCUT2D eigenvalue weighted by Crippen LogP contribution is -2.69. The zero-order valence-corrected chi connectivity index (χ0v) is 12.8. The van der Waals surface area contributed by atoms with Crippen LogP contribution in [0.3, 0.4) is 0 Å². The van der Waals surface area contributed by atoms with Crippen LogP contribution in [0.5, 0.6) is 0 Å². The van der Waals surface area contributed by atoms with Crippen molar-refractivity contribution < 1.29 is 9.59 Å². The predicted octanol–water partition coefficient (Wildman–Crippen LogP) is 3.45. The van der Waals surface area contributed by atoms with E-state index in [1.165, 1.54) is 4.90 Å². The smallest absolute Gasteiger partial charge is 0.305 e. The molecule has 1 saturated heterocycles. The molecule has 1 aliphatic rings. The van der Waals surface area contributed by atoms with Crippen molar-refractivity contribution in [2.45, 2.75) is 11.9 Å². The lowest BCUT2D eigenvalue weighted by atomic mass is 10.2. The van der Waals surface area contributed by atoms with Gasteiger partial charge in [-0.25, -0.2) is 14.5 Å². The van der Waals surface area contributed by atoms with E-state index in [1.807, 2.05) is 24.3 Å². The Hall–Kier alpha value is -2.47. The van der Waals surface area contributed by atoms with E-state index in [9.17, 15) is 9.59 Å². The summed E-state index contributed by atoms with van der Waals surface area (Å²) in [5.41, 5.74) is 1.17. The minimum atomic E-state index is -1.11. The minimum absolute atomic E-state index is 0.446. The molecule has 1 fully saturated rings. The first-order valence-corrected chi connectivity index (χ1v) is 7.24. The van der Waals surface area contributed by atoms with Gasteiger partial charge < -0.3 is 5.32 Å². The van der Waals surface area contributed by atoms with E-state index >= 15 is 0 Å². The molecule has 112 valence electrons. The van der Waals surface area contributed by atoms with Gasteiger partial charge in [-0.3, -0.25) is 4.90 Å². The Bertz CT molecular complexity index is 704. The van der Waals surface area contributed by atoms with E-state index in [0.717, 1.165) is 4.90 Å². The SMILES string of the molecule is CC1(S)NC(=O)N(c2ccccc2)C(=O)N1c1ccccc1. The van der Waals surface area contributed by atoms with Gasteiger partial charge in [0.15, 0.2) is 4.99 Å². The summed E-state index contributed by atoms with van der Waals surface area (Å²) >= 11 is 4.44. The molecule has 0 bridgehead atoms. The second-order valence-corrected chi connectivity index (χ2v) is 5.95. The molecule has 0 aromatic heterocycles. The normalized spacial score (nSPS) is 21.7. The number of nitrogens with one attached hydrogen (secondary N) is 1. The van der Waals surface area contributed by atoms with Gasteiger partial charge in [0.25, 0.3) is 0 Å². The van der Waals surface area contributed by atoms with Gasteiger partial charge in [0.2, 0.25) is 0 Å². The standard InChI is InChI=1S/C16H15N3O2S/c1-16(22)17-14(20)18(12-8-4-2-5-9-12)15(21)19(16)13-10-6-3-7-11-13/h2-11,22H,1H3,(H,17,20). The van der Waals surface area contributed by atoms with Crippen molar-refractivity contribution in [2.75, 3.05) is 9.80 Å². The van der Waals surface area contributed by atoms with Crippen molar-refractivity contribution in [3.05, 3.63) is 60.7 Å². The first-order chi connectivity index (χ1) is 10.5. The van der Waals surface area contributed by atoms with Crippen LogP contribution >= 0.6 is 12.6 Å². The molecule has 2 aromatic carbocycles. The lowest BCUT2D eigenvalue weighted by molar-refractivity contribution is 0.223. The Morgan fingerprint density at radius 1 is 0.909 bits per heavy atom. The van der Waals surface area contributed by atoms with Crippen LogP contribution in [0, 0.1) is 0 Å². The average Bonchev–Trinajstić information content (AvgIpc) is 2.48. The van der Waals surface area contributed by atoms with Crippen LogP contribution in [0.15, 0.2) is 60.7 Å². The third kappa shape index (κ3) is 2.42. The highest BCUT2D eigenvalue weighted by atomic mass is 32.1. The number of anilines is 2. The molecule has 5 nitrogen and oxygen atoms in total. The molecule has 0 aliphatic carbocycles. The number of hydrogen-bond donors (Lipinski definition) is 2. The average molecular weight is 313 g/mol. The van der Waals surface area contributed by atoms with Gasteiger partial charge in [0.1, 0.15) is 0 Å². The summed E-state index contributed by atoms with van der Waals surface area (Å²) in [6, 6.07) is 17.0. The van der Waals surface area contributed by atoms with Gasteiger partial charge in [-0.05, 0) is 31.2 Å². The van der Waals surface area contributed by atoms with Gasteiger partial charge in [-0.15, -0.1) is 12.6 Å². The molecule has 3 rings (SSSR count). The van der Waals surface area contributed by atoms with Crippen LogP contribution in [0.1, 0.15) is 6.92 Å². The minimum Gasteiger partial charge on any atom is -0.305 e. The molecule has 1 unspecified atom stereocenters. The van der Waals surface area contributed by atoms with E-state index in [0.29, 0.717) is 11.4 Å². The lowest BCUT2D eigenvalue weighted by Gasteiger charge is -2.45. The zero-order valence-electron chi connectivity index (χ0n) is 11.9. The highest BCUT2D eigenvalue weighted by molar-refractivity contribution is 7.82. The number of imide groups is 1. The largest absolute Gasteiger partial charge is 0.339 e. The topological polar surface area (TPSA) is 52.7 Å². The Labute approximate surface area is 133 Å². The van der Waals surface area contributed by atoms with E-state index in [2.05, 4.69) is 17.9 Å². The maximum Gasteiger partial charge on any atom is 0.339 e. The number of para-hydroxylation sites is 2. The number of rotatable bonds is 2. The number of carbonyl (C=O) groups is 2. The summed E-state index contributed by atoms with van der Waals surface area (Å²) < 4.78 is 0. The molecular formula is C16H15N3O2S. The highest BCUT2D eigenvalue weighted by Gasteiger charge is 2.45. The second kappa shape index (κ2) is 5.38. The van der Waals surface area contributed by atoms with Crippen LogP contribution in [-0.2, 0) is 0 Å². The number of hydrogen-bond acceptors (Lipinski definition) is 3. The summed E-state index contributed by atoms with van der Waals surface area (Å²) in [6.45, 7) is 1.67. The molecule has 4 amide bonds. The molecule has 6 heteroatoms. The maximum atomic E-state index is 12.9. The summed E-state index contributed by atoms with van der Waals surface area (Å²) in [5.74, 6) is 0. The van der Waals surface area contributed by atoms with Gasteiger partial charge in [0.05, 0.1) is 5.69 Å². The van der Waals surface area contributed by atoms with Gasteiger partial charge >= 0.3 is 12.1 Å². The summed E-state index contributed by atoms with van der Waals surface area (Å²) in [5, 5.41) is 2.74. The predicted molar refractivity (Wildman–Crippen MR) is 89.2 cm³/mol. The molecule has 1 atom stereocenters. The van der Waals surface area contributed by atoms with Gasteiger partial charge in [-0.2, -0.15) is 0 Å². The van der Waals surface area contributed by atoms with Crippen molar-refractivity contribution in [1.82, 2.24) is 5.32 Å². The highest BCUT2D eigenvalue weighted by Crippen LogP contribution is 2.32. The fourth-order valence-corrected chi connectivity index (χ4v) is 2.73. The second-order valence-electron chi connectivity index (χ2n) is 5.08. The Kier molecular flexibility index (Phi) is 3.54. The van der Waals surface area contributed by atoms with Crippen LogP contribution in [0.25, 0.3) is 0 Å². The number of urea groups is 2. The van der Waals surface area contributed by atoms with E-state index < -0.39 is 17.1 Å². The van der Waals surface area contributed by atoms with Crippen LogP contribution in [-0.4, -0.2) is 17.1 Å². The monoisotopic (exact) mass is 313 g/mol. The molecule has 1 aliphatic heterocycles. The molecule has 1 N–H and O–H groups in total. The van der Waals surface area contributed by atoms with Gasteiger partial charge in [0, 0.05) is 5.69 Å². The Morgan fingerprint density at radius 2 is 1.41 bits per heavy atom. The fourth-order valence-electron chi connectivity index (χ4n) is 2.43. The number of nitrogens with zero attached hydrogens (tertiary/aromatic N) is 2. The summed E-state index contributed by atoms with van der Waals surface area (Å²) in [6.07, 6.45) is 0. The Balaban J connectivity index is 2.06. The van der Waals surface area contributed by atoms with Crippen molar-refractivity contribution in [1.29, 1.82) is 0 Å². The Morgan fingerprint density at radius 3 is 1.95 bits per heavy atom. The van der Waals surface area contributed by atoms with Crippen LogP contribution in [0.2, 0.25) is 0 Å². The van der Waals surface area contributed by atoms with Crippen LogP contribution in [0.4, 0.5) is 21.0 Å². The molecule has 1 heterocycles. The first kappa shape index (κ1) is 14.5. The third-order valence-corrected chi connectivity index (χ3v) is 3.71. The van der Waals surface area contributed by atoms with Crippen molar-refractivity contribution in [2.24, 2.45) is 0 Å².